The fraction of sp³-hybridized carbons (Fsp3) is 0.714. The first kappa shape index (κ1) is 13.1. The van der Waals surface area contributed by atoms with Crippen LogP contribution in [0.15, 0.2) is 12.7 Å². The molecule has 0 aliphatic carbocycles. The summed E-state index contributed by atoms with van der Waals surface area (Å²) in [6.45, 7) is 9.96. The lowest BCUT2D eigenvalue weighted by atomic mass is 9.87. The number of nitrogens with zero attached hydrogens (tertiary/aromatic N) is 2. The third kappa shape index (κ3) is 2.28. The zero-order chi connectivity index (χ0) is 13.3. The van der Waals surface area contributed by atoms with Crippen molar-refractivity contribution in [3.8, 4) is 0 Å². The Kier molecular flexibility index (Phi) is 3.73. The summed E-state index contributed by atoms with van der Waals surface area (Å²) in [5, 5.41) is 0. The SMILES string of the molecule is C=CC(=O)N1CC(C(=O)N2CCC(C)CC2)C1C. The van der Waals surface area contributed by atoms with Crippen molar-refractivity contribution in [2.75, 3.05) is 19.6 Å². The van der Waals surface area contributed by atoms with E-state index < -0.39 is 0 Å². The predicted octanol–water partition coefficient (Wildman–Crippen LogP) is 1.28. The van der Waals surface area contributed by atoms with Gasteiger partial charge in [-0.1, -0.05) is 13.5 Å². The van der Waals surface area contributed by atoms with E-state index in [0.29, 0.717) is 6.54 Å². The highest BCUT2D eigenvalue weighted by Crippen LogP contribution is 2.28. The summed E-state index contributed by atoms with van der Waals surface area (Å²) in [4.78, 5) is 27.5. The van der Waals surface area contributed by atoms with E-state index in [9.17, 15) is 9.59 Å². The average molecular weight is 250 g/mol. The molecule has 2 saturated heterocycles. The van der Waals surface area contributed by atoms with Crippen LogP contribution in [-0.4, -0.2) is 47.3 Å². The highest BCUT2D eigenvalue weighted by Gasteiger charge is 2.44. The molecule has 4 nitrogen and oxygen atoms in total. The summed E-state index contributed by atoms with van der Waals surface area (Å²) in [5.74, 6) is 0.871. The summed E-state index contributed by atoms with van der Waals surface area (Å²) in [6.07, 6.45) is 3.52. The summed E-state index contributed by atoms with van der Waals surface area (Å²) < 4.78 is 0. The van der Waals surface area contributed by atoms with Crippen molar-refractivity contribution in [1.29, 1.82) is 0 Å². The number of likely N-dealkylation sites (tertiary alicyclic amines) is 2. The molecule has 2 amide bonds. The Morgan fingerprint density at radius 3 is 2.33 bits per heavy atom. The predicted molar refractivity (Wildman–Crippen MR) is 69.8 cm³/mol. The number of carbonyl (C=O) groups excluding carboxylic acids is 2. The van der Waals surface area contributed by atoms with Gasteiger partial charge in [0, 0.05) is 25.7 Å². The average Bonchev–Trinajstić information content (AvgIpc) is 2.37. The lowest BCUT2D eigenvalue weighted by Crippen LogP contribution is -2.62. The van der Waals surface area contributed by atoms with Gasteiger partial charge in [0.25, 0.3) is 0 Å². The summed E-state index contributed by atoms with van der Waals surface area (Å²) >= 11 is 0. The second-order valence-corrected chi connectivity index (χ2v) is 5.55. The number of rotatable bonds is 2. The highest BCUT2D eigenvalue weighted by molar-refractivity contribution is 5.90. The maximum Gasteiger partial charge on any atom is 0.246 e. The maximum atomic E-state index is 12.3. The van der Waals surface area contributed by atoms with Gasteiger partial charge in [-0.3, -0.25) is 9.59 Å². The molecule has 2 unspecified atom stereocenters. The van der Waals surface area contributed by atoms with Crippen LogP contribution in [0.4, 0.5) is 0 Å². The second kappa shape index (κ2) is 5.12. The minimum Gasteiger partial charge on any atom is -0.342 e. The minimum absolute atomic E-state index is 0.0118. The largest absolute Gasteiger partial charge is 0.342 e. The molecule has 2 aliphatic heterocycles. The zero-order valence-electron chi connectivity index (χ0n) is 11.3. The molecule has 2 rings (SSSR count). The van der Waals surface area contributed by atoms with Crippen molar-refractivity contribution < 1.29 is 9.59 Å². The molecule has 18 heavy (non-hydrogen) atoms. The van der Waals surface area contributed by atoms with Gasteiger partial charge in [-0.2, -0.15) is 0 Å². The Balaban J connectivity index is 1.88. The van der Waals surface area contributed by atoms with Crippen molar-refractivity contribution >= 4 is 11.8 Å². The van der Waals surface area contributed by atoms with Crippen LogP contribution < -0.4 is 0 Å². The number of piperidine rings is 1. The molecule has 0 radical (unpaired) electrons. The van der Waals surface area contributed by atoms with Gasteiger partial charge in [0.1, 0.15) is 0 Å². The van der Waals surface area contributed by atoms with Gasteiger partial charge in [0.05, 0.1) is 5.92 Å². The van der Waals surface area contributed by atoms with E-state index in [1.807, 2.05) is 11.8 Å². The van der Waals surface area contributed by atoms with Crippen LogP contribution in [0.1, 0.15) is 26.7 Å². The number of amides is 2. The van der Waals surface area contributed by atoms with Gasteiger partial charge in [0.2, 0.25) is 11.8 Å². The molecule has 0 saturated carbocycles. The highest BCUT2D eigenvalue weighted by atomic mass is 16.2. The van der Waals surface area contributed by atoms with Crippen LogP contribution in [0, 0.1) is 11.8 Å². The second-order valence-electron chi connectivity index (χ2n) is 5.55. The van der Waals surface area contributed by atoms with Crippen LogP contribution in [0.5, 0.6) is 0 Å². The van der Waals surface area contributed by atoms with E-state index in [2.05, 4.69) is 13.5 Å². The smallest absolute Gasteiger partial charge is 0.246 e. The molecule has 2 atom stereocenters. The summed E-state index contributed by atoms with van der Waals surface area (Å²) in [5.41, 5.74) is 0. The monoisotopic (exact) mass is 250 g/mol. The molecule has 0 aromatic heterocycles. The summed E-state index contributed by atoms with van der Waals surface area (Å²) in [7, 11) is 0. The van der Waals surface area contributed by atoms with Crippen molar-refractivity contribution in [2.45, 2.75) is 32.7 Å². The van der Waals surface area contributed by atoms with Crippen LogP contribution in [0.2, 0.25) is 0 Å². The third-order valence-electron chi connectivity index (χ3n) is 4.34. The lowest BCUT2D eigenvalue weighted by molar-refractivity contribution is -0.152. The molecule has 2 aliphatic rings. The molecule has 0 aromatic carbocycles. The van der Waals surface area contributed by atoms with E-state index in [1.54, 1.807) is 4.90 Å². The molecule has 2 fully saturated rings. The van der Waals surface area contributed by atoms with Gasteiger partial charge < -0.3 is 9.80 Å². The van der Waals surface area contributed by atoms with Crippen molar-refractivity contribution in [1.82, 2.24) is 9.80 Å². The summed E-state index contributed by atoms with van der Waals surface area (Å²) in [6, 6.07) is 0.0161. The number of hydrogen-bond acceptors (Lipinski definition) is 2. The molecule has 4 heteroatoms. The number of hydrogen-bond donors (Lipinski definition) is 0. The zero-order valence-corrected chi connectivity index (χ0v) is 11.3. The first-order valence-corrected chi connectivity index (χ1v) is 6.76. The van der Waals surface area contributed by atoms with E-state index in [-0.39, 0.29) is 23.8 Å². The Labute approximate surface area is 109 Å². The van der Waals surface area contributed by atoms with Gasteiger partial charge in [-0.15, -0.1) is 0 Å². The van der Waals surface area contributed by atoms with Crippen LogP contribution in [-0.2, 0) is 9.59 Å². The van der Waals surface area contributed by atoms with E-state index in [1.165, 1.54) is 6.08 Å². The van der Waals surface area contributed by atoms with E-state index in [0.717, 1.165) is 31.8 Å². The number of carbonyl (C=O) groups is 2. The first-order chi connectivity index (χ1) is 8.54. The van der Waals surface area contributed by atoms with Crippen LogP contribution >= 0.6 is 0 Å². The molecule has 2 heterocycles. The van der Waals surface area contributed by atoms with Gasteiger partial charge >= 0.3 is 0 Å². The molecule has 0 aromatic rings. The first-order valence-electron chi connectivity index (χ1n) is 6.76. The standard InChI is InChI=1S/C14H22N2O2/c1-4-13(17)16-9-12(11(16)3)14(18)15-7-5-10(2)6-8-15/h4,10-12H,1,5-9H2,2-3H3. The minimum atomic E-state index is -0.0705. The Morgan fingerprint density at radius 2 is 1.83 bits per heavy atom. The van der Waals surface area contributed by atoms with Gasteiger partial charge in [-0.25, -0.2) is 0 Å². The molecular weight excluding hydrogens is 228 g/mol. The topological polar surface area (TPSA) is 40.6 Å². The molecule has 100 valence electrons. The van der Waals surface area contributed by atoms with Crippen molar-refractivity contribution in [2.24, 2.45) is 11.8 Å². The Hall–Kier alpha value is -1.32. The fourth-order valence-electron chi connectivity index (χ4n) is 2.77. The van der Waals surface area contributed by atoms with Crippen molar-refractivity contribution in [3.63, 3.8) is 0 Å². The van der Waals surface area contributed by atoms with Gasteiger partial charge in [0.15, 0.2) is 0 Å². The lowest BCUT2D eigenvalue weighted by Gasteiger charge is -2.47. The molecule has 0 spiro atoms. The van der Waals surface area contributed by atoms with E-state index in [4.69, 9.17) is 0 Å². The Morgan fingerprint density at radius 1 is 1.22 bits per heavy atom. The van der Waals surface area contributed by atoms with Gasteiger partial charge in [-0.05, 0) is 31.8 Å². The quantitative estimate of drug-likeness (QED) is 0.693. The van der Waals surface area contributed by atoms with Crippen LogP contribution in [0.25, 0.3) is 0 Å². The van der Waals surface area contributed by atoms with E-state index >= 15 is 0 Å². The molecule has 0 N–H and O–H groups in total. The fourth-order valence-corrected chi connectivity index (χ4v) is 2.77. The molecule has 0 bridgehead atoms. The molecular formula is C14H22N2O2. The normalized spacial score (nSPS) is 28.8. The maximum absolute atomic E-state index is 12.3. The Bertz CT molecular complexity index is 359. The van der Waals surface area contributed by atoms with Crippen LogP contribution in [0.3, 0.4) is 0 Å². The van der Waals surface area contributed by atoms with Crippen molar-refractivity contribution in [3.05, 3.63) is 12.7 Å². The third-order valence-corrected chi connectivity index (χ3v) is 4.34.